The first kappa shape index (κ1) is 19.0. The second-order valence-electron chi connectivity index (χ2n) is 6.20. The van der Waals surface area contributed by atoms with Crippen molar-refractivity contribution in [2.24, 2.45) is 0 Å². The molecule has 2 aromatic rings. The number of hydrogen-bond donors (Lipinski definition) is 2. The molecule has 2 amide bonds. The minimum atomic E-state index is -4.52. The van der Waals surface area contributed by atoms with Gasteiger partial charge in [0.2, 0.25) is 0 Å². The molecule has 7 nitrogen and oxygen atoms in total. The topological polar surface area (TPSA) is 83.1 Å². The summed E-state index contributed by atoms with van der Waals surface area (Å²) in [5, 5.41) is 9.39. The highest BCUT2D eigenvalue weighted by atomic mass is 19.4. The molecule has 2 heterocycles. The van der Waals surface area contributed by atoms with E-state index < -0.39 is 17.8 Å². The van der Waals surface area contributed by atoms with Crippen LogP contribution in [0.25, 0.3) is 0 Å². The number of aryl methyl sites for hydroxylation is 1. The van der Waals surface area contributed by atoms with E-state index in [2.05, 4.69) is 20.5 Å². The molecule has 1 aliphatic rings. The maximum absolute atomic E-state index is 13.0. The average Bonchev–Trinajstić information content (AvgIpc) is 3.24. The number of aromatic nitrogens is 3. The zero-order chi connectivity index (χ0) is 19.6. The number of ether oxygens (including phenoxy) is 1. The molecule has 27 heavy (non-hydrogen) atoms. The SMILES string of the molecule is CCOc1ccc(C(F)(F)F)cc1NC(=O)N1CCC[C@H]1c1n[nH]c(C)n1. The van der Waals surface area contributed by atoms with E-state index in [-0.39, 0.29) is 24.1 Å². The van der Waals surface area contributed by atoms with E-state index in [1.165, 1.54) is 11.0 Å². The third-order valence-corrected chi connectivity index (χ3v) is 4.27. The van der Waals surface area contributed by atoms with Gasteiger partial charge in [0.15, 0.2) is 5.82 Å². The average molecular weight is 383 g/mol. The Bertz CT molecular complexity index is 821. The second kappa shape index (κ2) is 7.45. The lowest BCUT2D eigenvalue weighted by molar-refractivity contribution is -0.137. The highest BCUT2D eigenvalue weighted by Gasteiger charge is 2.34. The number of nitrogens with zero attached hydrogens (tertiary/aromatic N) is 3. The Morgan fingerprint density at radius 1 is 1.44 bits per heavy atom. The Hall–Kier alpha value is -2.78. The molecule has 3 rings (SSSR count). The van der Waals surface area contributed by atoms with Crippen LogP contribution in [0.2, 0.25) is 0 Å². The summed E-state index contributed by atoms with van der Waals surface area (Å²) in [6.07, 6.45) is -3.07. The van der Waals surface area contributed by atoms with Gasteiger partial charge in [-0.3, -0.25) is 5.10 Å². The number of nitrogens with one attached hydrogen (secondary N) is 2. The van der Waals surface area contributed by atoms with Crippen molar-refractivity contribution in [1.82, 2.24) is 20.1 Å². The van der Waals surface area contributed by atoms with Crippen LogP contribution < -0.4 is 10.1 Å². The number of hydrogen-bond acceptors (Lipinski definition) is 4. The highest BCUT2D eigenvalue weighted by Crippen LogP contribution is 2.36. The molecule has 10 heteroatoms. The van der Waals surface area contributed by atoms with Crippen LogP contribution in [0.3, 0.4) is 0 Å². The maximum atomic E-state index is 13.0. The van der Waals surface area contributed by atoms with Crippen LogP contribution >= 0.6 is 0 Å². The summed E-state index contributed by atoms with van der Waals surface area (Å²) in [5.41, 5.74) is -0.877. The van der Waals surface area contributed by atoms with Gasteiger partial charge in [0.25, 0.3) is 0 Å². The van der Waals surface area contributed by atoms with Crippen molar-refractivity contribution in [3.05, 3.63) is 35.4 Å². The molecule has 1 atom stereocenters. The largest absolute Gasteiger partial charge is 0.492 e. The fraction of sp³-hybridized carbons (Fsp3) is 0.471. The molecular formula is C17H20F3N5O2. The molecule has 0 aliphatic carbocycles. The number of anilines is 1. The van der Waals surface area contributed by atoms with Gasteiger partial charge < -0.3 is 15.0 Å². The summed E-state index contributed by atoms with van der Waals surface area (Å²) in [7, 11) is 0. The number of benzene rings is 1. The Labute approximate surface area is 153 Å². The number of rotatable bonds is 4. The van der Waals surface area contributed by atoms with E-state index in [1.54, 1.807) is 13.8 Å². The summed E-state index contributed by atoms with van der Waals surface area (Å²) in [6, 6.07) is 2.18. The van der Waals surface area contributed by atoms with E-state index in [4.69, 9.17) is 4.74 Å². The smallest absolute Gasteiger partial charge is 0.416 e. The third kappa shape index (κ3) is 4.15. The molecule has 0 radical (unpaired) electrons. The van der Waals surface area contributed by atoms with Crippen LogP contribution in [0.5, 0.6) is 5.75 Å². The first-order valence-corrected chi connectivity index (χ1v) is 8.60. The molecule has 0 unspecified atom stereocenters. The number of carbonyl (C=O) groups is 1. The van der Waals surface area contributed by atoms with Crippen molar-refractivity contribution in [1.29, 1.82) is 0 Å². The van der Waals surface area contributed by atoms with Crippen LogP contribution in [-0.2, 0) is 6.18 Å². The van der Waals surface area contributed by atoms with Crippen molar-refractivity contribution in [3.63, 3.8) is 0 Å². The van der Waals surface area contributed by atoms with Gasteiger partial charge in [-0.15, -0.1) is 0 Å². The maximum Gasteiger partial charge on any atom is 0.416 e. The molecule has 0 bridgehead atoms. The van der Waals surface area contributed by atoms with Gasteiger partial charge in [-0.25, -0.2) is 9.78 Å². The van der Waals surface area contributed by atoms with Crippen molar-refractivity contribution >= 4 is 11.7 Å². The molecule has 146 valence electrons. The number of alkyl halides is 3. The molecular weight excluding hydrogens is 363 g/mol. The van der Waals surface area contributed by atoms with Gasteiger partial charge >= 0.3 is 12.2 Å². The summed E-state index contributed by atoms with van der Waals surface area (Å²) in [6.45, 7) is 4.20. The fourth-order valence-corrected chi connectivity index (χ4v) is 3.06. The minimum absolute atomic E-state index is 0.0199. The number of halogens is 3. The Kier molecular flexibility index (Phi) is 5.24. The van der Waals surface area contributed by atoms with E-state index in [9.17, 15) is 18.0 Å². The van der Waals surface area contributed by atoms with Gasteiger partial charge in [-0.2, -0.15) is 18.3 Å². The monoisotopic (exact) mass is 383 g/mol. The van der Waals surface area contributed by atoms with Crippen molar-refractivity contribution < 1.29 is 22.7 Å². The molecule has 0 spiro atoms. The van der Waals surface area contributed by atoms with E-state index in [0.29, 0.717) is 24.6 Å². The third-order valence-electron chi connectivity index (χ3n) is 4.27. The molecule has 1 saturated heterocycles. The molecule has 1 aliphatic heterocycles. The number of likely N-dealkylation sites (tertiary alicyclic amines) is 1. The summed E-state index contributed by atoms with van der Waals surface area (Å²) in [4.78, 5) is 18.5. The molecule has 1 fully saturated rings. The quantitative estimate of drug-likeness (QED) is 0.839. The molecule has 1 aromatic carbocycles. The molecule has 2 N–H and O–H groups in total. The van der Waals surface area contributed by atoms with Crippen LogP contribution in [0.1, 0.15) is 43.0 Å². The lowest BCUT2D eigenvalue weighted by Crippen LogP contribution is -2.35. The number of carbonyl (C=O) groups excluding carboxylic acids is 1. The summed E-state index contributed by atoms with van der Waals surface area (Å²) >= 11 is 0. The van der Waals surface area contributed by atoms with E-state index in [0.717, 1.165) is 18.6 Å². The predicted octanol–water partition coefficient (Wildman–Crippen LogP) is 3.90. The first-order chi connectivity index (χ1) is 12.8. The Balaban J connectivity index is 1.83. The zero-order valence-electron chi connectivity index (χ0n) is 14.9. The van der Waals surface area contributed by atoms with Gasteiger partial charge in [0.1, 0.15) is 11.6 Å². The van der Waals surface area contributed by atoms with Crippen LogP contribution in [0.15, 0.2) is 18.2 Å². The summed E-state index contributed by atoms with van der Waals surface area (Å²) < 4.78 is 44.4. The number of urea groups is 1. The van der Waals surface area contributed by atoms with E-state index in [1.807, 2.05) is 0 Å². The highest BCUT2D eigenvalue weighted by molar-refractivity contribution is 5.91. The van der Waals surface area contributed by atoms with Gasteiger partial charge in [-0.05, 0) is 44.9 Å². The van der Waals surface area contributed by atoms with Crippen LogP contribution in [-0.4, -0.2) is 39.3 Å². The second-order valence-corrected chi connectivity index (χ2v) is 6.20. The fourth-order valence-electron chi connectivity index (χ4n) is 3.06. The Morgan fingerprint density at radius 3 is 2.85 bits per heavy atom. The van der Waals surface area contributed by atoms with Crippen LogP contribution in [0, 0.1) is 6.92 Å². The van der Waals surface area contributed by atoms with Crippen molar-refractivity contribution in [2.45, 2.75) is 38.9 Å². The Morgan fingerprint density at radius 2 is 2.22 bits per heavy atom. The first-order valence-electron chi connectivity index (χ1n) is 8.60. The lowest BCUT2D eigenvalue weighted by atomic mass is 10.1. The van der Waals surface area contributed by atoms with Gasteiger partial charge in [-0.1, -0.05) is 0 Å². The van der Waals surface area contributed by atoms with Gasteiger partial charge in [0, 0.05) is 6.54 Å². The standard InChI is InChI=1S/C17H20F3N5O2/c1-3-27-14-7-6-11(17(18,19)20)9-12(14)22-16(26)25-8-4-5-13(25)15-21-10(2)23-24-15/h6-7,9,13H,3-5,8H2,1-2H3,(H,22,26)(H,21,23,24)/t13-/m0/s1. The number of aromatic amines is 1. The lowest BCUT2D eigenvalue weighted by Gasteiger charge is -2.24. The summed E-state index contributed by atoms with van der Waals surface area (Å²) in [5.74, 6) is 1.31. The molecule has 1 aromatic heterocycles. The van der Waals surface area contributed by atoms with Crippen molar-refractivity contribution in [2.75, 3.05) is 18.5 Å². The minimum Gasteiger partial charge on any atom is -0.492 e. The van der Waals surface area contributed by atoms with E-state index >= 15 is 0 Å². The van der Waals surface area contributed by atoms with Gasteiger partial charge in [0.05, 0.1) is 23.9 Å². The normalized spacial score (nSPS) is 17.2. The van der Waals surface area contributed by atoms with Crippen molar-refractivity contribution in [3.8, 4) is 5.75 Å². The zero-order valence-corrected chi connectivity index (χ0v) is 14.9. The molecule has 0 saturated carbocycles. The predicted molar refractivity (Wildman–Crippen MR) is 91.4 cm³/mol. The van der Waals surface area contributed by atoms with Crippen LogP contribution in [0.4, 0.5) is 23.7 Å². The number of amides is 2. The number of H-pyrrole nitrogens is 1.